The Morgan fingerprint density at radius 1 is 1.13 bits per heavy atom. The van der Waals surface area contributed by atoms with Crippen LogP contribution in [-0.4, -0.2) is 81.8 Å². The lowest BCUT2D eigenvalue weighted by Gasteiger charge is -2.32. The van der Waals surface area contributed by atoms with Gasteiger partial charge in [0.2, 0.25) is 5.91 Å². The standard InChI is InChI=1S/C14H16F3N3O3S.C2H2O4/c1-18-4-6-19(7-5-18)13(21)9-24-12-3-2-10(14(15,16)17)8-11(12)20(22)23;3-1(4)2(5)6/h2-3,8H,4-7,9H2,1H3;(H,3,4)(H,5,6). The molecule has 1 aromatic rings. The van der Waals surface area contributed by atoms with Crippen LogP contribution in [0.25, 0.3) is 0 Å². The van der Waals surface area contributed by atoms with E-state index in [0.717, 1.165) is 37.0 Å². The summed E-state index contributed by atoms with van der Waals surface area (Å²) in [5.74, 6) is -3.87. The molecule has 166 valence electrons. The number of carbonyl (C=O) groups is 3. The molecular formula is C16H18F3N3O7S. The van der Waals surface area contributed by atoms with Gasteiger partial charge in [0.05, 0.1) is 21.1 Å². The monoisotopic (exact) mass is 453 g/mol. The van der Waals surface area contributed by atoms with E-state index < -0.39 is 34.3 Å². The van der Waals surface area contributed by atoms with E-state index in [1.54, 1.807) is 4.90 Å². The Balaban J connectivity index is 0.000000656. The molecule has 14 heteroatoms. The number of nitro groups is 1. The lowest BCUT2D eigenvalue weighted by molar-refractivity contribution is -0.388. The number of nitro benzene ring substituents is 1. The van der Waals surface area contributed by atoms with Crippen molar-refractivity contribution in [1.29, 1.82) is 0 Å². The van der Waals surface area contributed by atoms with Crippen molar-refractivity contribution in [3.63, 3.8) is 0 Å². The Kier molecular flexibility index (Phi) is 9.04. The van der Waals surface area contributed by atoms with Gasteiger partial charge in [0, 0.05) is 32.2 Å². The number of hydrogen-bond donors (Lipinski definition) is 2. The number of carboxylic acids is 2. The summed E-state index contributed by atoms with van der Waals surface area (Å²) < 4.78 is 38.0. The summed E-state index contributed by atoms with van der Waals surface area (Å²) in [7, 11) is 1.95. The molecule has 0 radical (unpaired) electrons. The van der Waals surface area contributed by atoms with Crippen molar-refractivity contribution in [1.82, 2.24) is 9.80 Å². The minimum absolute atomic E-state index is 0.0457. The van der Waals surface area contributed by atoms with Crippen LogP contribution in [0, 0.1) is 10.1 Å². The molecule has 1 aliphatic rings. The summed E-state index contributed by atoms with van der Waals surface area (Å²) in [4.78, 5) is 44.3. The number of carboxylic acid groups (broad SMARTS) is 2. The third-order valence-electron chi connectivity index (χ3n) is 3.87. The Morgan fingerprint density at radius 2 is 1.67 bits per heavy atom. The highest BCUT2D eigenvalue weighted by Gasteiger charge is 2.33. The Morgan fingerprint density at radius 3 is 2.10 bits per heavy atom. The van der Waals surface area contributed by atoms with E-state index in [1.807, 2.05) is 7.05 Å². The minimum atomic E-state index is -4.65. The van der Waals surface area contributed by atoms with Gasteiger partial charge < -0.3 is 20.0 Å². The van der Waals surface area contributed by atoms with Gasteiger partial charge in [-0.15, -0.1) is 11.8 Å². The van der Waals surface area contributed by atoms with Gasteiger partial charge >= 0.3 is 18.1 Å². The second-order valence-corrected chi connectivity index (χ2v) is 7.04. The molecule has 2 N–H and O–H groups in total. The number of alkyl halides is 3. The molecule has 0 aliphatic carbocycles. The zero-order valence-electron chi connectivity index (χ0n) is 15.6. The van der Waals surface area contributed by atoms with Crippen LogP contribution < -0.4 is 0 Å². The number of likely N-dealkylation sites (N-methyl/N-ethyl adjacent to an activating group) is 1. The van der Waals surface area contributed by atoms with E-state index in [0.29, 0.717) is 19.2 Å². The highest BCUT2D eigenvalue weighted by atomic mass is 32.2. The lowest BCUT2D eigenvalue weighted by atomic mass is 10.2. The number of amides is 1. The molecule has 0 saturated carbocycles. The van der Waals surface area contributed by atoms with Gasteiger partial charge in [0.1, 0.15) is 0 Å². The molecule has 10 nitrogen and oxygen atoms in total. The van der Waals surface area contributed by atoms with Crippen LogP contribution in [0.5, 0.6) is 0 Å². The molecule has 30 heavy (non-hydrogen) atoms. The van der Waals surface area contributed by atoms with Crippen LogP contribution in [0.3, 0.4) is 0 Å². The Bertz CT molecular complexity index is 800. The third kappa shape index (κ3) is 7.87. The van der Waals surface area contributed by atoms with E-state index in [9.17, 15) is 28.1 Å². The van der Waals surface area contributed by atoms with Crippen molar-refractivity contribution in [3.8, 4) is 0 Å². The zero-order chi connectivity index (χ0) is 23.1. The van der Waals surface area contributed by atoms with Crippen molar-refractivity contribution >= 4 is 35.3 Å². The van der Waals surface area contributed by atoms with Gasteiger partial charge in [-0.3, -0.25) is 14.9 Å². The molecule has 0 bridgehead atoms. The summed E-state index contributed by atoms with van der Waals surface area (Å²) in [5.41, 5.74) is -1.72. The van der Waals surface area contributed by atoms with Crippen LogP contribution in [0.2, 0.25) is 0 Å². The number of carbonyl (C=O) groups excluding carboxylic acids is 1. The Labute approximate surface area is 172 Å². The lowest BCUT2D eigenvalue weighted by Crippen LogP contribution is -2.47. The fourth-order valence-electron chi connectivity index (χ4n) is 2.25. The Hall–Kier alpha value is -2.87. The van der Waals surface area contributed by atoms with Crippen LogP contribution in [0.15, 0.2) is 23.1 Å². The van der Waals surface area contributed by atoms with Crippen molar-refractivity contribution in [2.24, 2.45) is 0 Å². The highest BCUT2D eigenvalue weighted by Crippen LogP contribution is 2.36. The smallest absolute Gasteiger partial charge is 0.416 e. The molecule has 0 atom stereocenters. The quantitative estimate of drug-likeness (QED) is 0.301. The normalized spacial score (nSPS) is 14.5. The highest BCUT2D eigenvalue weighted by molar-refractivity contribution is 8.00. The minimum Gasteiger partial charge on any atom is -0.473 e. The fraction of sp³-hybridized carbons (Fsp3) is 0.438. The fourth-order valence-corrected chi connectivity index (χ4v) is 3.15. The predicted octanol–water partition coefficient (Wildman–Crippen LogP) is 1.64. The van der Waals surface area contributed by atoms with Gasteiger partial charge in [-0.1, -0.05) is 0 Å². The summed E-state index contributed by atoms with van der Waals surface area (Å²) in [6, 6.07) is 2.33. The maximum atomic E-state index is 12.7. The van der Waals surface area contributed by atoms with Crippen LogP contribution in [0.4, 0.5) is 18.9 Å². The molecule has 1 amide bonds. The van der Waals surface area contributed by atoms with Gasteiger partial charge in [-0.25, -0.2) is 9.59 Å². The van der Waals surface area contributed by atoms with Gasteiger partial charge in [0.25, 0.3) is 5.69 Å². The molecular weight excluding hydrogens is 435 g/mol. The third-order valence-corrected chi connectivity index (χ3v) is 4.92. The first-order valence-corrected chi connectivity index (χ1v) is 9.22. The number of thioether (sulfide) groups is 1. The molecule has 1 aliphatic heterocycles. The largest absolute Gasteiger partial charge is 0.473 e. The number of halogens is 3. The average Bonchev–Trinajstić information content (AvgIpc) is 2.66. The van der Waals surface area contributed by atoms with Crippen LogP contribution in [0.1, 0.15) is 5.56 Å². The van der Waals surface area contributed by atoms with Crippen molar-refractivity contribution < 1.29 is 42.7 Å². The van der Waals surface area contributed by atoms with Crippen LogP contribution >= 0.6 is 11.8 Å². The summed E-state index contributed by atoms with van der Waals surface area (Å²) in [6.07, 6.45) is -4.65. The number of nitrogens with zero attached hydrogens (tertiary/aromatic N) is 3. The molecule has 0 spiro atoms. The molecule has 2 rings (SSSR count). The van der Waals surface area contributed by atoms with Gasteiger partial charge in [-0.05, 0) is 19.2 Å². The van der Waals surface area contributed by atoms with Crippen LogP contribution in [-0.2, 0) is 20.6 Å². The van der Waals surface area contributed by atoms with E-state index in [1.165, 1.54) is 0 Å². The molecule has 1 aromatic carbocycles. The first-order valence-electron chi connectivity index (χ1n) is 8.24. The molecule has 0 aromatic heterocycles. The maximum Gasteiger partial charge on any atom is 0.416 e. The molecule has 1 saturated heterocycles. The number of rotatable bonds is 4. The topological polar surface area (TPSA) is 141 Å². The van der Waals surface area contributed by atoms with E-state index in [-0.39, 0.29) is 16.6 Å². The average molecular weight is 453 g/mol. The molecule has 1 heterocycles. The predicted molar refractivity (Wildman–Crippen MR) is 98.2 cm³/mol. The number of aliphatic carboxylic acids is 2. The number of hydrogen-bond acceptors (Lipinski definition) is 7. The van der Waals surface area contributed by atoms with Crippen molar-refractivity contribution in [2.45, 2.75) is 11.1 Å². The summed E-state index contributed by atoms with van der Waals surface area (Å²) in [5, 5.41) is 25.8. The SMILES string of the molecule is CN1CCN(C(=O)CSc2ccc(C(F)(F)F)cc2[N+](=O)[O-])CC1.O=C(O)C(=O)O. The zero-order valence-corrected chi connectivity index (χ0v) is 16.4. The van der Waals surface area contributed by atoms with Crippen molar-refractivity contribution in [2.75, 3.05) is 39.0 Å². The number of piperazine rings is 1. The first kappa shape index (κ1) is 25.2. The number of benzene rings is 1. The molecule has 1 fully saturated rings. The van der Waals surface area contributed by atoms with E-state index in [4.69, 9.17) is 19.8 Å². The maximum absolute atomic E-state index is 12.7. The van der Waals surface area contributed by atoms with Gasteiger partial charge in [0.15, 0.2) is 0 Å². The van der Waals surface area contributed by atoms with E-state index >= 15 is 0 Å². The second-order valence-electron chi connectivity index (χ2n) is 6.02. The molecule has 0 unspecified atom stereocenters. The second kappa shape index (κ2) is 10.8. The van der Waals surface area contributed by atoms with E-state index in [2.05, 4.69) is 4.90 Å². The summed E-state index contributed by atoms with van der Waals surface area (Å²) in [6.45, 7) is 2.64. The van der Waals surface area contributed by atoms with Gasteiger partial charge in [-0.2, -0.15) is 13.2 Å². The van der Waals surface area contributed by atoms with Crippen molar-refractivity contribution in [3.05, 3.63) is 33.9 Å². The summed E-state index contributed by atoms with van der Waals surface area (Å²) >= 11 is 0.883. The first-order chi connectivity index (χ1) is 13.8.